The number of alkyl halides is 3. The van der Waals surface area contributed by atoms with Crippen molar-refractivity contribution in [3.8, 4) is 5.75 Å². The van der Waals surface area contributed by atoms with Crippen molar-refractivity contribution >= 4 is 48.9 Å². The van der Waals surface area contributed by atoms with Crippen LogP contribution in [-0.2, 0) is 16.4 Å². The van der Waals surface area contributed by atoms with Gasteiger partial charge in [0.05, 0.1) is 10.7 Å². The number of benzene rings is 2. The standard InChI is InChI=1S/C17H15BrClF3N2O3S/c18-10-4-7-15(14(9-10)27-17(20,21)22)28(25,26)24-13-6-5-12-11(16(13)19)3-1-2-8-23-12/h4-7,9,23-24H,1-3,8H2. The van der Waals surface area contributed by atoms with Crippen LogP contribution < -0.4 is 14.8 Å². The van der Waals surface area contributed by atoms with Gasteiger partial charge < -0.3 is 10.1 Å². The second-order valence-corrected chi connectivity index (χ2v) is 9.03. The summed E-state index contributed by atoms with van der Waals surface area (Å²) in [6.45, 7) is 0.783. The first-order valence-corrected chi connectivity index (χ1v) is 10.9. The number of anilines is 2. The number of halogens is 5. The third-order valence-electron chi connectivity index (χ3n) is 4.08. The molecular weight excluding hydrogens is 485 g/mol. The van der Waals surface area contributed by atoms with E-state index in [4.69, 9.17) is 11.6 Å². The first-order valence-electron chi connectivity index (χ1n) is 8.20. The van der Waals surface area contributed by atoms with Gasteiger partial charge in [-0.05, 0) is 55.2 Å². The van der Waals surface area contributed by atoms with E-state index in [1.165, 1.54) is 12.1 Å². The van der Waals surface area contributed by atoms with Gasteiger partial charge in [-0.25, -0.2) is 8.42 Å². The SMILES string of the molecule is O=S(=O)(Nc1ccc2c(c1Cl)CCCCN2)c1ccc(Br)cc1OC(F)(F)F. The fourth-order valence-corrected chi connectivity index (χ4v) is 4.75. The molecule has 0 unspecified atom stereocenters. The van der Waals surface area contributed by atoms with Gasteiger partial charge in [-0.3, -0.25) is 4.72 Å². The number of hydrogen-bond acceptors (Lipinski definition) is 4. The Morgan fingerprint density at radius 2 is 1.93 bits per heavy atom. The Morgan fingerprint density at radius 1 is 1.18 bits per heavy atom. The van der Waals surface area contributed by atoms with E-state index in [1.807, 2.05) is 0 Å². The molecule has 1 aliphatic rings. The molecule has 0 spiro atoms. The van der Waals surface area contributed by atoms with E-state index in [9.17, 15) is 21.6 Å². The minimum absolute atomic E-state index is 0.0880. The molecule has 0 amide bonds. The average Bonchev–Trinajstić information content (AvgIpc) is 2.81. The lowest BCUT2D eigenvalue weighted by atomic mass is 10.1. The van der Waals surface area contributed by atoms with Crippen LogP contribution in [0.25, 0.3) is 0 Å². The largest absolute Gasteiger partial charge is 0.573 e. The highest BCUT2D eigenvalue weighted by atomic mass is 79.9. The van der Waals surface area contributed by atoms with Crippen LogP contribution in [0.15, 0.2) is 39.7 Å². The molecule has 0 fully saturated rings. The molecule has 1 aliphatic heterocycles. The highest BCUT2D eigenvalue weighted by molar-refractivity contribution is 9.10. The summed E-state index contributed by atoms with van der Waals surface area (Å²) in [6.07, 6.45) is -2.55. The summed E-state index contributed by atoms with van der Waals surface area (Å²) in [6, 6.07) is 6.43. The monoisotopic (exact) mass is 498 g/mol. The first-order chi connectivity index (χ1) is 13.1. The molecule has 152 valence electrons. The Balaban J connectivity index is 1.98. The molecular formula is C17H15BrClF3N2O3S. The van der Waals surface area contributed by atoms with Crippen molar-refractivity contribution in [3.05, 3.63) is 45.4 Å². The Kier molecular flexibility index (Phi) is 6.02. The maximum Gasteiger partial charge on any atom is 0.573 e. The van der Waals surface area contributed by atoms with Crippen molar-refractivity contribution in [1.29, 1.82) is 0 Å². The molecule has 0 atom stereocenters. The van der Waals surface area contributed by atoms with Gasteiger partial charge in [0.25, 0.3) is 10.0 Å². The zero-order valence-corrected chi connectivity index (χ0v) is 17.4. The van der Waals surface area contributed by atoms with Crippen LogP contribution in [0.4, 0.5) is 24.5 Å². The molecule has 2 aromatic rings. The lowest BCUT2D eigenvalue weighted by molar-refractivity contribution is -0.275. The quantitative estimate of drug-likeness (QED) is 0.579. The lowest BCUT2D eigenvalue weighted by Crippen LogP contribution is -2.21. The number of sulfonamides is 1. The summed E-state index contributed by atoms with van der Waals surface area (Å²) >= 11 is 9.39. The Bertz CT molecular complexity index is 1000. The van der Waals surface area contributed by atoms with Crippen molar-refractivity contribution in [3.63, 3.8) is 0 Å². The van der Waals surface area contributed by atoms with Crippen LogP contribution in [0, 0.1) is 0 Å². The summed E-state index contributed by atoms with van der Waals surface area (Å²) in [5.74, 6) is -0.845. The molecule has 5 nitrogen and oxygen atoms in total. The highest BCUT2D eigenvalue weighted by Gasteiger charge is 2.34. The molecule has 0 saturated heterocycles. The van der Waals surface area contributed by atoms with Crippen LogP contribution in [-0.4, -0.2) is 21.3 Å². The number of ether oxygens (including phenoxy) is 1. The van der Waals surface area contributed by atoms with Gasteiger partial charge >= 0.3 is 6.36 Å². The Morgan fingerprint density at radius 3 is 2.64 bits per heavy atom. The van der Waals surface area contributed by atoms with Gasteiger partial charge in [-0.1, -0.05) is 27.5 Å². The number of fused-ring (bicyclic) bond motifs is 1. The summed E-state index contributed by atoms with van der Waals surface area (Å²) in [7, 11) is -4.39. The topological polar surface area (TPSA) is 67.4 Å². The van der Waals surface area contributed by atoms with E-state index in [-0.39, 0.29) is 15.2 Å². The smallest absolute Gasteiger partial charge is 0.404 e. The van der Waals surface area contributed by atoms with Gasteiger partial charge in [-0.2, -0.15) is 0 Å². The maximum absolute atomic E-state index is 12.8. The zero-order valence-electron chi connectivity index (χ0n) is 14.2. The molecule has 2 aromatic carbocycles. The van der Waals surface area contributed by atoms with E-state index >= 15 is 0 Å². The number of hydrogen-bond donors (Lipinski definition) is 2. The molecule has 11 heteroatoms. The van der Waals surface area contributed by atoms with Crippen LogP contribution in [0.5, 0.6) is 5.75 Å². The zero-order chi connectivity index (χ0) is 20.5. The molecule has 0 aromatic heterocycles. The van der Waals surface area contributed by atoms with E-state index < -0.39 is 27.0 Å². The van der Waals surface area contributed by atoms with Crippen molar-refractivity contribution < 1.29 is 26.3 Å². The summed E-state index contributed by atoms with van der Waals surface area (Å²) in [5, 5.41) is 3.43. The maximum atomic E-state index is 12.8. The van der Waals surface area contributed by atoms with Gasteiger partial charge in [0.2, 0.25) is 0 Å². The van der Waals surface area contributed by atoms with Crippen LogP contribution in [0.3, 0.4) is 0 Å². The van der Waals surface area contributed by atoms with Gasteiger partial charge in [-0.15, -0.1) is 13.2 Å². The predicted molar refractivity (Wildman–Crippen MR) is 105 cm³/mol. The van der Waals surface area contributed by atoms with Crippen LogP contribution in [0.1, 0.15) is 18.4 Å². The fraction of sp³-hybridized carbons (Fsp3) is 0.294. The number of nitrogens with one attached hydrogen (secondary N) is 2. The minimum atomic E-state index is -5.04. The Hall–Kier alpha value is -1.65. The summed E-state index contributed by atoms with van der Waals surface area (Å²) in [4.78, 5) is -0.655. The molecule has 3 rings (SSSR count). The first kappa shape index (κ1) is 21.1. The van der Waals surface area contributed by atoms with Crippen LogP contribution >= 0.6 is 27.5 Å². The van der Waals surface area contributed by atoms with Gasteiger partial charge in [0, 0.05) is 16.7 Å². The number of rotatable bonds is 4. The lowest BCUT2D eigenvalue weighted by Gasteiger charge is -2.17. The van der Waals surface area contributed by atoms with Crippen molar-refractivity contribution in [1.82, 2.24) is 0 Å². The molecule has 0 radical (unpaired) electrons. The van der Waals surface area contributed by atoms with E-state index in [1.54, 1.807) is 6.07 Å². The predicted octanol–water partition coefficient (Wildman–Crippen LogP) is 5.55. The van der Waals surface area contributed by atoms with Crippen molar-refractivity contribution in [2.75, 3.05) is 16.6 Å². The summed E-state index contributed by atoms with van der Waals surface area (Å²) < 4.78 is 69.9. The van der Waals surface area contributed by atoms with E-state index in [0.717, 1.165) is 42.8 Å². The van der Waals surface area contributed by atoms with Gasteiger partial charge in [0.15, 0.2) is 5.75 Å². The highest BCUT2D eigenvalue weighted by Crippen LogP contribution is 2.37. The normalized spacial score (nSPS) is 14.6. The molecule has 0 bridgehead atoms. The van der Waals surface area contributed by atoms with E-state index in [0.29, 0.717) is 6.42 Å². The summed E-state index contributed by atoms with van der Waals surface area (Å²) in [5.41, 5.74) is 1.67. The molecule has 0 saturated carbocycles. The second kappa shape index (κ2) is 8.00. The average molecular weight is 500 g/mol. The van der Waals surface area contributed by atoms with E-state index in [2.05, 4.69) is 30.7 Å². The molecule has 0 aliphatic carbocycles. The van der Waals surface area contributed by atoms with Crippen LogP contribution in [0.2, 0.25) is 5.02 Å². The fourth-order valence-electron chi connectivity index (χ4n) is 2.87. The molecule has 28 heavy (non-hydrogen) atoms. The van der Waals surface area contributed by atoms with Crippen molar-refractivity contribution in [2.45, 2.75) is 30.5 Å². The minimum Gasteiger partial charge on any atom is -0.404 e. The molecule has 1 heterocycles. The third kappa shape index (κ3) is 4.84. The van der Waals surface area contributed by atoms with Crippen molar-refractivity contribution in [2.24, 2.45) is 0 Å². The Labute approximate surface area is 173 Å². The molecule has 2 N–H and O–H groups in total. The third-order valence-corrected chi connectivity index (χ3v) is 6.41. The van der Waals surface area contributed by atoms with Gasteiger partial charge in [0.1, 0.15) is 4.90 Å². The second-order valence-electron chi connectivity index (χ2n) is 6.08.